The van der Waals surface area contributed by atoms with Gasteiger partial charge in [-0.05, 0) is 30.5 Å². The first-order valence-corrected chi connectivity index (χ1v) is 8.56. The highest BCUT2D eigenvalue weighted by Gasteiger charge is 2.29. The zero-order valence-corrected chi connectivity index (χ0v) is 13.5. The highest BCUT2D eigenvalue weighted by Crippen LogP contribution is 2.28. The Kier molecular flexibility index (Phi) is 5.62. The minimum atomic E-state index is -0.244. The summed E-state index contributed by atoms with van der Waals surface area (Å²) < 4.78 is 18.8. The Bertz CT molecular complexity index is 528. The van der Waals surface area contributed by atoms with E-state index in [-0.39, 0.29) is 17.6 Å². The molecule has 23 heavy (non-hydrogen) atoms. The van der Waals surface area contributed by atoms with Gasteiger partial charge in [0.2, 0.25) is 5.91 Å². The maximum absolute atomic E-state index is 13.4. The molecule has 1 amide bonds. The molecule has 5 heteroatoms. The van der Waals surface area contributed by atoms with E-state index >= 15 is 0 Å². The molecule has 1 heterocycles. The van der Waals surface area contributed by atoms with Crippen LogP contribution < -0.4 is 0 Å². The van der Waals surface area contributed by atoms with Crippen LogP contribution in [0.25, 0.3) is 0 Å². The number of benzene rings is 1. The second-order valence-corrected chi connectivity index (χ2v) is 6.47. The standard InChI is InChI=1S/C18H25FN2O2/c19-17-6-1-3-15(13-17)14-21(18(22)16-4-2-5-16)8-7-20-9-11-23-12-10-20/h1,3,6,13,16H,2,4-5,7-12,14H2. The quantitative estimate of drug-likeness (QED) is 0.806. The van der Waals surface area contributed by atoms with Gasteiger partial charge in [-0.25, -0.2) is 4.39 Å². The fourth-order valence-corrected chi connectivity index (χ4v) is 3.12. The van der Waals surface area contributed by atoms with Crippen LogP contribution in [0.15, 0.2) is 24.3 Å². The summed E-state index contributed by atoms with van der Waals surface area (Å²) in [7, 11) is 0. The van der Waals surface area contributed by atoms with Gasteiger partial charge in [0.05, 0.1) is 13.2 Å². The van der Waals surface area contributed by atoms with Crippen LogP contribution in [0.2, 0.25) is 0 Å². The van der Waals surface area contributed by atoms with Crippen molar-refractivity contribution in [2.75, 3.05) is 39.4 Å². The van der Waals surface area contributed by atoms with Crippen molar-refractivity contribution >= 4 is 5.91 Å². The Balaban J connectivity index is 1.61. The molecule has 2 aliphatic rings. The highest BCUT2D eigenvalue weighted by molar-refractivity contribution is 5.79. The predicted octanol–water partition coefficient (Wildman–Crippen LogP) is 2.29. The monoisotopic (exact) mass is 320 g/mol. The molecule has 1 aromatic carbocycles. The third-order valence-electron chi connectivity index (χ3n) is 4.82. The number of rotatable bonds is 6. The van der Waals surface area contributed by atoms with Crippen molar-refractivity contribution in [2.45, 2.75) is 25.8 Å². The van der Waals surface area contributed by atoms with Crippen molar-refractivity contribution in [2.24, 2.45) is 5.92 Å². The van der Waals surface area contributed by atoms with Crippen LogP contribution in [-0.4, -0.2) is 55.1 Å². The molecule has 0 bridgehead atoms. The van der Waals surface area contributed by atoms with Gasteiger partial charge in [0.1, 0.15) is 5.82 Å². The molecule has 0 unspecified atom stereocenters. The molecule has 0 spiro atoms. The van der Waals surface area contributed by atoms with Crippen LogP contribution in [-0.2, 0) is 16.1 Å². The summed E-state index contributed by atoms with van der Waals surface area (Å²) in [5.74, 6) is 0.161. The third-order valence-corrected chi connectivity index (χ3v) is 4.82. The van der Waals surface area contributed by atoms with Gasteiger partial charge in [-0.15, -0.1) is 0 Å². The summed E-state index contributed by atoms with van der Waals surface area (Å²) in [5.41, 5.74) is 0.861. The summed E-state index contributed by atoms with van der Waals surface area (Å²) >= 11 is 0. The van der Waals surface area contributed by atoms with Gasteiger partial charge in [0.25, 0.3) is 0 Å². The van der Waals surface area contributed by atoms with Crippen molar-refractivity contribution < 1.29 is 13.9 Å². The maximum Gasteiger partial charge on any atom is 0.226 e. The Morgan fingerprint density at radius 2 is 2.09 bits per heavy atom. The van der Waals surface area contributed by atoms with Crippen LogP contribution in [0.4, 0.5) is 4.39 Å². The van der Waals surface area contributed by atoms with Crippen molar-refractivity contribution in [3.8, 4) is 0 Å². The van der Waals surface area contributed by atoms with Crippen LogP contribution in [0.3, 0.4) is 0 Å². The van der Waals surface area contributed by atoms with Crippen molar-refractivity contribution in [1.29, 1.82) is 0 Å². The SMILES string of the molecule is O=C(C1CCC1)N(CCN1CCOCC1)Cc1cccc(F)c1. The van der Waals surface area contributed by atoms with Gasteiger partial charge >= 0.3 is 0 Å². The number of carbonyl (C=O) groups excluding carboxylic acids is 1. The molecule has 0 aromatic heterocycles. The zero-order chi connectivity index (χ0) is 16.1. The average Bonchev–Trinajstić information content (AvgIpc) is 2.50. The predicted molar refractivity (Wildman–Crippen MR) is 86.4 cm³/mol. The number of morpholine rings is 1. The second kappa shape index (κ2) is 7.88. The fraction of sp³-hybridized carbons (Fsp3) is 0.611. The highest BCUT2D eigenvalue weighted by atomic mass is 19.1. The molecule has 1 saturated carbocycles. The molecule has 0 N–H and O–H groups in total. The van der Waals surface area contributed by atoms with Crippen LogP contribution in [0.1, 0.15) is 24.8 Å². The summed E-state index contributed by atoms with van der Waals surface area (Å²) in [4.78, 5) is 16.9. The molecule has 1 aromatic rings. The van der Waals surface area contributed by atoms with Gasteiger partial charge in [0.15, 0.2) is 0 Å². The number of halogens is 1. The molecular weight excluding hydrogens is 295 g/mol. The molecule has 0 atom stereocenters. The van der Waals surface area contributed by atoms with E-state index in [2.05, 4.69) is 4.90 Å². The summed E-state index contributed by atoms with van der Waals surface area (Å²) in [6, 6.07) is 6.56. The maximum atomic E-state index is 13.4. The molecule has 1 saturated heterocycles. The van der Waals surface area contributed by atoms with Crippen molar-refractivity contribution in [1.82, 2.24) is 9.80 Å². The van der Waals surface area contributed by atoms with E-state index in [9.17, 15) is 9.18 Å². The lowest BCUT2D eigenvalue weighted by atomic mass is 9.84. The summed E-state index contributed by atoms with van der Waals surface area (Å²) in [6.45, 7) is 5.43. The Morgan fingerprint density at radius 3 is 2.74 bits per heavy atom. The molecular formula is C18H25FN2O2. The normalized spacial score (nSPS) is 19.3. The minimum absolute atomic E-state index is 0.174. The van der Waals surface area contributed by atoms with Gasteiger partial charge in [-0.1, -0.05) is 18.6 Å². The van der Waals surface area contributed by atoms with Crippen molar-refractivity contribution in [3.63, 3.8) is 0 Å². The molecule has 1 aliphatic heterocycles. The number of ether oxygens (including phenoxy) is 1. The average molecular weight is 320 g/mol. The topological polar surface area (TPSA) is 32.8 Å². The van der Waals surface area contributed by atoms with Crippen molar-refractivity contribution in [3.05, 3.63) is 35.6 Å². The Hall–Kier alpha value is -1.46. The first-order chi connectivity index (χ1) is 11.2. The third kappa shape index (κ3) is 4.52. The van der Waals surface area contributed by atoms with Crippen LogP contribution >= 0.6 is 0 Å². The molecule has 1 aliphatic carbocycles. The molecule has 3 rings (SSSR count). The Morgan fingerprint density at radius 1 is 1.30 bits per heavy atom. The van der Waals surface area contributed by atoms with E-state index in [0.717, 1.165) is 57.7 Å². The van der Waals surface area contributed by atoms with E-state index in [1.165, 1.54) is 12.1 Å². The summed E-state index contributed by atoms with van der Waals surface area (Å²) in [5, 5.41) is 0. The lowest BCUT2D eigenvalue weighted by molar-refractivity contribution is -0.139. The fourth-order valence-electron chi connectivity index (χ4n) is 3.12. The smallest absolute Gasteiger partial charge is 0.226 e. The Labute approximate surface area is 137 Å². The second-order valence-electron chi connectivity index (χ2n) is 6.47. The van der Waals surface area contributed by atoms with Gasteiger partial charge in [-0.3, -0.25) is 9.69 Å². The zero-order valence-electron chi connectivity index (χ0n) is 13.5. The molecule has 0 radical (unpaired) electrons. The lowest BCUT2D eigenvalue weighted by Gasteiger charge is -2.34. The van der Waals surface area contributed by atoms with Gasteiger partial charge in [-0.2, -0.15) is 0 Å². The van der Waals surface area contributed by atoms with E-state index in [1.54, 1.807) is 6.07 Å². The first-order valence-electron chi connectivity index (χ1n) is 8.56. The number of carbonyl (C=O) groups is 1. The number of hydrogen-bond donors (Lipinski definition) is 0. The molecule has 4 nitrogen and oxygen atoms in total. The molecule has 2 fully saturated rings. The van der Waals surface area contributed by atoms with E-state index in [4.69, 9.17) is 4.74 Å². The van der Waals surface area contributed by atoms with Crippen LogP contribution in [0, 0.1) is 11.7 Å². The molecule has 126 valence electrons. The number of amides is 1. The summed E-state index contributed by atoms with van der Waals surface area (Å²) in [6.07, 6.45) is 3.14. The number of nitrogens with zero attached hydrogens (tertiary/aromatic N) is 2. The van der Waals surface area contributed by atoms with Gasteiger partial charge < -0.3 is 9.64 Å². The first kappa shape index (κ1) is 16.4. The minimum Gasteiger partial charge on any atom is -0.379 e. The van der Waals surface area contributed by atoms with Gasteiger partial charge in [0, 0.05) is 38.6 Å². The number of hydrogen-bond acceptors (Lipinski definition) is 3. The van der Waals surface area contributed by atoms with E-state index in [1.807, 2.05) is 11.0 Å². The van der Waals surface area contributed by atoms with Crippen LogP contribution in [0.5, 0.6) is 0 Å². The largest absolute Gasteiger partial charge is 0.379 e. The van der Waals surface area contributed by atoms with E-state index < -0.39 is 0 Å². The lowest BCUT2D eigenvalue weighted by Crippen LogP contribution is -2.45. The van der Waals surface area contributed by atoms with E-state index in [0.29, 0.717) is 13.1 Å².